The molecule has 2 aromatic heterocycles. The molecule has 1 aromatic carbocycles. The van der Waals surface area contributed by atoms with Crippen LogP contribution in [0.5, 0.6) is 0 Å². The molecule has 0 aliphatic carbocycles. The van der Waals surface area contributed by atoms with Crippen molar-refractivity contribution in [3.8, 4) is 0 Å². The third-order valence-corrected chi connectivity index (χ3v) is 4.94. The lowest BCUT2D eigenvalue weighted by atomic mass is 10.2. The van der Waals surface area contributed by atoms with E-state index in [2.05, 4.69) is 15.0 Å². The Labute approximate surface area is 165 Å². The highest BCUT2D eigenvalue weighted by molar-refractivity contribution is 7.51. The highest BCUT2D eigenvalue weighted by atomic mass is 31.2. The minimum Gasteiger partial charge on any atom is -0.372 e. The Balaban J connectivity index is 1.75. The van der Waals surface area contributed by atoms with Crippen LogP contribution in [0.3, 0.4) is 0 Å². The summed E-state index contributed by atoms with van der Waals surface area (Å²) < 4.78 is 24.0. The molecule has 0 fully saturated rings. The summed E-state index contributed by atoms with van der Waals surface area (Å²) in [6.45, 7) is 0.513. The van der Waals surface area contributed by atoms with Crippen LogP contribution in [0.1, 0.15) is 18.2 Å². The van der Waals surface area contributed by atoms with Crippen molar-refractivity contribution in [1.29, 1.82) is 0 Å². The Morgan fingerprint density at radius 2 is 2.03 bits per heavy atom. The van der Waals surface area contributed by atoms with Gasteiger partial charge in [-0.25, -0.2) is 4.98 Å². The SMILES string of the molecule is Nc1nc2c(ncn2[C@H](COCc2ccccc2)OCCCP(=O)(O)O)c(=O)[nH]1. The molecule has 0 bridgehead atoms. The third-order valence-electron chi connectivity index (χ3n) is 4.04. The normalized spacial score (nSPS) is 13.0. The topological polar surface area (TPSA) is 166 Å². The summed E-state index contributed by atoms with van der Waals surface area (Å²) in [5, 5.41) is 0. The molecule has 0 saturated heterocycles. The zero-order chi connectivity index (χ0) is 20.9. The second kappa shape index (κ2) is 9.29. The number of nitrogen functional groups attached to an aromatic ring is 1. The summed E-state index contributed by atoms with van der Waals surface area (Å²) in [5.41, 5.74) is 6.46. The summed E-state index contributed by atoms with van der Waals surface area (Å²) in [6.07, 6.45) is 0.544. The number of aromatic amines is 1. The monoisotopic (exact) mass is 423 g/mol. The van der Waals surface area contributed by atoms with Gasteiger partial charge < -0.3 is 25.0 Å². The van der Waals surface area contributed by atoms with Crippen LogP contribution in [-0.4, -0.2) is 48.7 Å². The van der Waals surface area contributed by atoms with Crippen LogP contribution in [-0.2, 0) is 20.6 Å². The van der Waals surface area contributed by atoms with Gasteiger partial charge in [0.1, 0.15) is 0 Å². The molecule has 0 unspecified atom stereocenters. The Bertz CT molecular complexity index is 1050. The number of hydrogen-bond acceptors (Lipinski definition) is 7. The predicted molar refractivity (Wildman–Crippen MR) is 105 cm³/mol. The van der Waals surface area contributed by atoms with Crippen LogP contribution < -0.4 is 11.3 Å². The maximum Gasteiger partial charge on any atom is 0.325 e. The number of nitrogens with two attached hydrogens (primary N) is 1. The van der Waals surface area contributed by atoms with E-state index in [0.29, 0.717) is 6.61 Å². The molecule has 29 heavy (non-hydrogen) atoms. The zero-order valence-corrected chi connectivity index (χ0v) is 16.4. The fourth-order valence-corrected chi connectivity index (χ4v) is 3.25. The van der Waals surface area contributed by atoms with Gasteiger partial charge >= 0.3 is 7.60 Å². The van der Waals surface area contributed by atoms with Gasteiger partial charge in [-0.15, -0.1) is 0 Å². The second-order valence-corrected chi connectivity index (χ2v) is 8.12. The summed E-state index contributed by atoms with van der Waals surface area (Å²) in [5.74, 6) is -0.0605. The molecule has 0 spiro atoms. The number of anilines is 1. The number of benzene rings is 1. The molecular weight excluding hydrogens is 401 g/mol. The highest BCUT2D eigenvalue weighted by Gasteiger charge is 2.19. The fraction of sp³-hybridized carbons (Fsp3) is 0.353. The van der Waals surface area contributed by atoms with E-state index in [4.69, 9.17) is 25.0 Å². The summed E-state index contributed by atoms with van der Waals surface area (Å²) in [7, 11) is -4.10. The molecule has 2 heterocycles. The van der Waals surface area contributed by atoms with E-state index in [1.54, 1.807) is 0 Å². The summed E-state index contributed by atoms with van der Waals surface area (Å²) in [4.78, 5) is 40.5. The van der Waals surface area contributed by atoms with Crippen molar-refractivity contribution in [2.24, 2.45) is 0 Å². The van der Waals surface area contributed by atoms with Crippen molar-refractivity contribution in [3.63, 3.8) is 0 Å². The van der Waals surface area contributed by atoms with E-state index in [9.17, 15) is 9.36 Å². The number of imidazole rings is 1. The van der Waals surface area contributed by atoms with E-state index in [1.165, 1.54) is 10.9 Å². The van der Waals surface area contributed by atoms with E-state index in [1.807, 2.05) is 30.3 Å². The number of rotatable bonds is 10. The first-order chi connectivity index (χ1) is 13.8. The molecule has 0 radical (unpaired) electrons. The Hall–Kier alpha value is -2.56. The average Bonchev–Trinajstić information content (AvgIpc) is 3.08. The van der Waals surface area contributed by atoms with Crippen LogP contribution in [0.15, 0.2) is 41.5 Å². The fourth-order valence-electron chi connectivity index (χ4n) is 2.70. The summed E-state index contributed by atoms with van der Waals surface area (Å²) in [6, 6.07) is 9.55. The number of ether oxygens (including phenoxy) is 2. The number of fused-ring (bicyclic) bond motifs is 1. The van der Waals surface area contributed by atoms with Gasteiger partial charge in [-0.3, -0.25) is 18.9 Å². The number of nitrogens with zero attached hydrogens (tertiary/aromatic N) is 3. The standard InChI is InChI=1S/C17H22N5O6P/c18-17-20-15-14(16(23)21-17)19-11-22(15)13(28-7-4-8-29(24,25)26)10-27-9-12-5-2-1-3-6-12/h1-3,5-6,11,13H,4,7-10H2,(H2,24,25,26)(H3,18,20,21,23)/t13-/m0/s1. The number of H-pyrrole nitrogens is 1. The van der Waals surface area contributed by atoms with E-state index < -0.39 is 19.4 Å². The van der Waals surface area contributed by atoms with Crippen LogP contribution in [0, 0.1) is 0 Å². The molecule has 0 amide bonds. The van der Waals surface area contributed by atoms with Gasteiger partial charge in [0.25, 0.3) is 5.56 Å². The van der Waals surface area contributed by atoms with Crippen molar-refractivity contribution >= 4 is 24.7 Å². The van der Waals surface area contributed by atoms with Gasteiger partial charge in [0, 0.05) is 6.61 Å². The van der Waals surface area contributed by atoms with Gasteiger partial charge in [0.05, 0.1) is 25.7 Å². The number of nitrogens with one attached hydrogen (secondary N) is 1. The van der Waals surface area contributed by atoms with E-state index >= 15 is 0 Å². The third kappa shape index (κ3) is 5.96. The molecule has 3 rings (SSSR count). The highest BCUT2D eigenvalue weighted by Crippen LogP contribution is 2.34. The molecule has 5 N–H and O–H groups in total. The van der Waals surface area contributed by atoms with Crippen molar-refractivity contribution in [1.82, 2.24) is 19.5 Å². The molecule has 3 aromatic rings. The lowest BCUT2D eigenvalue weighted by Gasteiger charge is -2.20. The molecule has 12 heteroatoms. The number of aromatic nitrogens is 4. The van der Waals surface area contributed by atoms with E-state index in [-0.39, 0.29) is 42.9 Å². The zero-order valence-electron chi connectivity index (χ0n) is 15.5. The quantitative estimate of drug-likeness (QED) is 0.275. The van der Waals surface area contributed by atoms with Crippen LogP contribution in [0.4, 0.5) is 5.95 Å². The minimum absolute atomic E-state index is 0.0605. The first-order valence-electron chi connectivity index (χ1n) is 8.83. The summed E-state index contributed by atoms with van der Waals surface area (Å²) >= 11 is 0. The first-order valence-corrected chi connectivity index (χ1v) is 10.6. The lowest BCUT2D eigenvalue weighted by molar-refractivity contribution is -0.0598. The predicted octanol–water partition coefficient (Wildman–Crippen LogP) is 1.00. The smallest absolute Gasteiger partial charge is 0.325 e. The van der Waals surface area contributed by atoms with Crippen molar-refractivity contribution in [2.75, 3.05) is 25.1 Å². The first kappa shape index (κ1) is 21.2. The molecule has 11 nitrogen and oxygen atoms in total. The molecule has 1 atom stereocenters. The van der Waals surface area contributed by atoms with Crippen LogP contribution in [0.2, 0.25) is 0 Å². The van der Waals surface area contributed by atoms with Gasteiger partial charge in [-0.1, -0.05) is 30.3 Å². The molecular formula is C17H22N5O6P. The van der Waals surface area contributed by atoms with E-state index in [0.717, 1.165) is 5.56 Å². The van der Waals surface area contributed by atoms with Gasteiger partial charge in [-0.2, -0.15) is 4.98 Å². The van der Waals surface area contributed by atoms with Gasteiger partial charge in [0.15, 0.2) is 17.4 Å². The Morgan fingerprint density at radius 3 is 2.76 bits per heavy atom. The van der Waals surface area contributed by atoms with Crippen LogP contribution >= 0.6 is 7.60 Å². The maximum atomic E-state index is 12.0. The molecule has 0 saturated carbocycles. The lowest BCUT2D eigenvalue weighted by Crippen LogP contribution is -2.21. The molecule has 0 aliphatic rings. The Kier molecular flexibility index (Phi) is 6.78. The maximum absolute atomic E-state index is 12.0. The molecule has 0 aliphatic heterocycles. The van der Waals surface area contributed by atoms with Crippen LogP contribution in [0.25, 0.3) is 11.2 Å². The van der Waals surface area contributed by atoms with Crippen molar-refractivity contribution < 1.29 is 23.8 Å². The average molecular weight is 423 g/mol. The van der Waals surface area contributed by atoms with Crippen molar-refractivity contribution in [2.45, 2.75) is 19.3 Å². The number of hydrogen-bond donors (Lipinski definition) is 4. The Morgan fingerprint density at radius 1 is 1.28 bits per heavy atom. The van der Waals surface area contributed by atoms with Gasteiger partial charge in [0.2, 0.25) is 5.95 Å². The molecule has 156 valence electrons. The van der Waals surface area contributed by atoms with Gasteiger partial charge in [-0.05, 0) is 12.0 Å². The largest absolute Gasteiger partial charge is 0.372 e. The second-order valence-electron chi connectivity index (χ2n) is 6.34. The minimum atomic E-state index is -4.10. The van der Waals surface area contributed by atoms with Crippen molar-refractivity contribution in [3.05, 3.63) is 52.6 Å².